The molecule has 7 heteroatoms. The number of fused-ring (bicyclic) bond motifs is 1. The highest BCUT2D eigenvalue weighted by atomic mass is 32.2. The molecule has 1 amide bonds. The van der Waals surface area contributed by atoms with Crippen molar-refractivity contribution in [1.82, 2.24) is 9.55 Å². The number of nitrogens with zero attached hydrogens (tertiary/aromatic N) is 2. The molecule has 0 saturated heterocycles. The Morgan fingerprint density at radius 2 is 2.00 bits per heavy atom. The van der Waals surface area contributed by atoms with Crippen molar-refractivity contribution in [1.29, 1.82) is 0 Å². The fraction of sp³-hybridized carbons (Fsp3) is 0.286. The number of amides is 1. The number of nitrogens with one attached hydrogen (secondary N) is 1. The van der Waals surface area contributed by atoms with E-state index in [1.165, 1.54) is 23.9 Å². The molecule has 0 spiro atoms. The van der Waals surface area contributed by atoms with E-state index in [-0.39, 0.29) is 23.1 Å². The van der Waals surface area contributed by atoms with Crippen LogP contribution in [-0.4, -0.2) is 21.2 Å². The van der Waals surface area contributed by atoms with Crippen LogP contribution in [0.3, 0.4) is 0 Å². The average molecular weight is 399 g/mol. The summed E-state index contributed by atoms with van der Waals surface area (Å²) >= 11 is 1.20. The Hall–Kier alpha value is -2.67. The fourth-order valence-corrected chi connectivity index (χ4v) is 3.64. The lowest BCUT2D eigenvalue weighted by atomic mass is 10.2. The van der Waals surface area contributed by atoms with E-state index in [2.05, 4.69) is 10.3 Å². The summed E-state index contributed by atoms with van der Waals surface area (Å²) in [5, 5.41) is 3.78. The highest BCUT2D eigenvalue weighted by Gasteiger charge is 2.14. The van der Waals surface area contributed by atoms with Gasteiger partial charge < -0.3 is 5.32 Å². The zero-order valence-corrected chi connectivity index (χ0v) is 16.8. The van der Waals surface area contributed by atoms with Gasteiger partial charge in [0, 0.05) is 12.2 Å². The predicted octanol–water partition coefficient (Wildman–Crippen LogP) is 4.23. The number of aryl methyl sites for hydroxylation is 1. The molecule has 2 aromatic carbocycles. The molecule has 0 atom stereocenters. The van der Waals surface area contributed by atoms with Crippen LogP contribution in [0.25, 0.3) is 10.9 Å². The molecule has 1 heterocycles. The van der Waals surface area contributed by atoms with Crippen molar-refractivity contribution in [3.8, 4) is 0 Å². The lowest BCUT2D eigenvalue weighted by Crippen LogP contribution is -2.26. The Morgan fingerprint density at radius 1 is 1.25 bits per heavy atom. The summed E-state index contributed by atoms with van der Waals surface area (Å²) in [6.45, 7) is 6.36. The molecule has 0 saturated carbocycles. The second kappa shape index (κ2) is 8.56. The molecule has 3 rings (SSSR count). The quantitative estimate of drug-likeness (QED) is 0.498. The minimum atomic E-state index is -0.407. The molecule has 0 radical (unpaired) electrons. The van der Waals surface area contributed by atoms with E-state index in [1.807, 2.05) is 26.0 Å². The number of carbonyl (C=O) groups excluding carboxylic acids is 1. The Bertz CT molecular complexity index is 1080. The molecule has 0 bridgehead atoms. The van der Waals surface area contributed by atoms with Gasteiger partial charge in [-0.1, -0.05) is 43.8 Å². The lowest BCUT2D eigenvalue weighted by molar-refractivity contribution is -0.113. The van der Waals surface area contributed by atoms with Gasteiger partial charge >= 0.3 is 0 Å². The molecule has 1 N–H and O–H groups in total. The summed E-state index contributed by atoms with van der Waals surface area (Å²) in [5.74, 6) is -0.366. The van der Waals surface area contributed by atoms with Crippen LogP contribution in [0.5, 0.6) is 0 Å². The Morgan fingerprint density at radius 3 is 2.75 bits per heavy atom. The Kier molecular flexibility index (Phi) is 6.14. The standard InChI is InChI=1S/C21H22FN3O2S/c1-13(2)11-25-20(27)16-6-4-5-7-17(16)24-21(25)28-12-19(26)23-18-10-15(22)9-8-14(18)3/h4-10,13H,11-12H2,1-3H3,(H,23,26). The van der Waals surface area contributed by atoms with Gasteiger partial charge in [0.15, 0.2) is 5.16 Å². The zero-order valence-electron chi connectivity index (χ0n) is 16.0. The van der Waals surface area contributed by atoms with Gasteiger partial charge in [-0.25, -0.2) is 9.37 Å². The maximum absolute atomic E-state index is 13.4. The summed E-state index contributed by atoms with van der Waals surface area (Å²) in [5.41, 5.74) is 1.72. The van der Waals surface area contributed by atoms with Crippen LogP contribution in [-0.2, 0) is 11.3 Å². The largest absolute Gasteiger partial charge is 0.325 e. The first-order chi connectivity index (χ1) is 13.3. The molecular weight excluding hydrogens is 377 g/mol. The third-order valence-corrected chi connectivity index (χ3v) is 5.16. The van der Waals surface area contributed by atoms with Crippen molar-refractivity contribution in [3.63, 3.8) is 0 Å². The van der Waals surface area contributed by atoms with Crippen molar-refractivity contribution in [2.75, 3.05) is 11.1 Å². The van der Waals surface area contributed by atoms with Crippen LogP contribution in [0, 0.1) is 18.7 Å². The van der Waals surface area contributed by atoms with Gasteiger partial charge in [-0.15, -0.1) is 0 Å². The number of hydrogen-bond donors (Lipinski definition) is 1. The summed E-state index contributed by atoms with van der Waals surface area (Å²) in [4.78, 5) is 29.8. The first-order valence-corrected chi connectivity index (χ1v) is 10.0. The molecule has 5 nitrogen and oxygen atoms in total. The lowest BCUT2D eigenvalue weighted by Gasteiger charge is -2.15. The van der Waals surface area contributed by atoms with Crippen LogP contribution in [0.1, 0.15) is 19.4 Å². The van der Waals surface area contributed by atoms with E-state index in [9.17, 15) is 14.0 Å². The number of carbonyl (C=O) groups is 1. The maximum Gasteiger partial charge on any atom is 0.262 e. The molecular formula is C21H22FN3O2S. The van der Waals surface area contributed by atoms with Gasteiger partial charge in [0.1, 0.15) is 5.82 Å². The van der Waals surface area contributed by atoms with Crippen molar-refractivity contribution in [2.24, 2.45) is 5.92 Å². The molecule has 0 unspecified atom stereocenters. The van der Waals surface area contributed by atoms with E-state index in [1.54, 1.807) is 29.7 Å². The second-order valence-corrected chi connectivity index (χ2v) is 7.96. The van der Waals surface area contributed by atoms with Crippen molar-refractivity contribution in [3.05, 3.63) is 64.2 Å². The number of anilines is 1. The van der Waals surface area contributed by atoms with Crippen molar-refractivity contribution >= 4 is 34.3 Å². The number of rotatable bonds is 6. The zero-order chi connectivity index (χ0) is 20.3. The highest BCUT2D eigenvalue weighted by molar-refractivity contribution is 7.99. The van der Waals surface area contributed by atoms with Crippen LogP contribution in [0.2, 0.25) is 0 Å². The maximum atomic E-state index is 13.4. The molecule has 1 aromatic heterocycles. The molecule has 3 aromatic rings. The van der Waals surface area contributed by atoms with Gasteiger partial charge in [-0.2, -0.15) is 0 Å². The van der Waals surface area contributed by atoms with E-state index < -0.39 is 5.82 Å². The third-order valence-electron chi connectivity index (χ3n) is 4.18. The Balaban J connectivity index is 1.84. The summed E-state index contributed by atoms with van der Waals surface area (Å²) in [7, 11) is 0. The monoisotopic (exact) mass is 399 g/mol. The van der Waals surface area contributed by atoms with Gasteiger partial charge in [0.25, 0.3) is 5.56 Å². The number of hydrogen-bond acceptors (Lipinski definition) is 4. The van der Waals surface area contributed by atoms with Crippen molar-refractivity contribution < 1.29 is 9.18 Å². The smallest absolute Gasteiger partial charge is 0.262 e. The number of benzene rings is 2. The topological polar surface area (TPSA) is 64.0 Å². The summed E-state index contributed by atoms with van der Waals surface area (Å²) < 4.78 is 15.0. The predicted molar refractivity (Wildman–Crippen MR) is 111 cm³/mol. The van der Waals surface area contributed by atoms with Gasteiger partial charge in [-0.3, -0.25) is 14.2 Å². The second-order valence-electron chi connectivity index (χ2n) is 7.02. The van der Waals surface area contributed by atoms with Gasteiger partial charge in [-0.05, 0) is 42.7 Å². The molecule has 0 aliphatic heterocycles. The molecule has 0 aliphatic carbocycles. The van der Waals surface area contributed by atoms with E-state index in [0.717, 1.165) is 5.56 Å². The average Bonchev–Trinajstić information content (AvgIpc) is 2.65. The fourth-order valence-electron chi connectivity index (χ4n) is 2.83. The molecule has 0 fully saturated rings. The van der Waals surface area contributed by atoms with Gasteiger partial charge in [0.2, 0.25) is 5.91 Å². The third kappa shape index (κ3) is 4.59. The van der Waals surface area contributed by atoms with E-state index in [0.29, 0.717) is 28.3 Å². The van der Waals surface area contributed by atoms with Crippen molar-refractivity contribution in [2.45, 2.75) is 32.5 Å². The number of thioether (sulfide) groups is 1. The van der Waals surface area contributed by atoms with E-state index >= 15 is 0 Å². The molecule has 28 heavy (non-hydrogen) atoms. The van der Waals surface area contributed by atoms with Crippen LogP contribution in [0.4, 0.5) is 10.1 Å². The molecule has 146 valence electrons. The molecule has 0 aliphatic rings. The van der Waals surface area contributed by atoms with Gasteiger partial charge in [0.05, 0.1) is 16.7 Å². The number of para-hydroxylation sites is 1. The normalized spacial score (nSPS) is 11.2. The SMILES string of the molecule is Cc1ccc(F)cc1NC(=O)CSc1nc2ccccc2c(=O)n1CC(C)C. The first-order valence-electron chi connectivity index (χ1n) is 9.03. The van der Waals surface area contributed by atoms with Crippen LogP contribution >= 0.6 is 11.8 Å². The van der Waals surface area contributed by atoms with E-state index in [4.69, 9.17) is 0 Å². The minimum Gasteiger partial charge on any atom is -0.325 e. The van der Waals surface area contributed by atoms with Crippen LogP contribution in [0.15, 0.2) is 52.4 Å². The number of halogens is 1. The Labute approximate surface area is 167 Å². The first kappa shape index (κ1) is 20.1. The summed E-state index contributed by atoms with van der Waals surface area (Å²) in [6.07, 6.45) is 0. The minimum absolute atomic E-state index is 0.0683. The number of aromatic nitrogens is 2. The highest BCUT2D eigenvalue weighted by Crippen LogP contribution is 2.20. The van der Waals surface area contributed by atoms with Crippen LogP contribution < -0.4 is 10.9 Å². The summed E-state index contributed by atoms with van der Waals surface area (Å²) in [6, 6.07) is 11.4.